The molecule has 0 saturated heterocycles. The molecule has 0 atom stereocenters. The van der Waals surface area contributed by atoms with Gasteiger partial charge in [-0.05, 0) is 61.1 Å². The zero-order chi connectivity index (χ0) is 19.8. The summed E-state index contributed by atoms with van der Waals surface area (Å²) in [5, 5.41) is 12.1. The van der Waals surface area contributed by atoms with Gasteiger partial charge in [-0.1, -0.05) is 23.8 Å². The number of aryl methyl sites for hydroxylation is 1. The highest BCUT2D eigenvalue weighted by molar-refractivity contribution is 7.73. The van der Waals surface area contributed by atoms with Gasteiger partial charge in [0.2, 0.25) is 5.88 Å². The van der Waals surface area contributed by atoms with Gasteiger partial charge in [0.1, 0.15) is 5.82 Å². The largest absolute Gasteiger partial charge is 0.493 e. The molecule has 140 valence electrons. The van der Waals surface area contributed by atoms with E-state index in [0.29, 0.717) is 26.3 Å². The molecular weight excluding hydrogens is 395 g/mol. The van der Waals surface area contributed by atoms with E-state index in [-0.39, 0.29) is 17.6 Å². The second-order valence-corrected chi connectivity index (χ2v) is 8.17. The number of aromatic hydroxyl groups is 1. The van der Waals surface area contributed by atoms with E-state index in [1.54, 1.807) is 28.9 Å². The third kappa shape index (κ3) is 3.58. The van der Waals surface area contributed by atoms with Gasteiger partial charge >= 0.3 is 0 Å². The SMILES string of the molecule is Cc1ccc2c(c1)=CC(=Cc1sc(=S)n(Cc3ccc(F)cc3)c1O)C(=O)N=2. The zero-order valence-corrected chi connectivity index (χ0v) is 16.5. The number of thiazole rings is 1. The van der Waals surface area contributed by atoms with Crippen molar-refractivity contribution in [2.24, 2.45) is 4.99 Å². The molecule has 1 amide bonds. The van der Waals surface area contributed by atoms with Crippen LogP contribution in [-0.4, -0.2) is 15.6 Å². The molecule has 0 unspecified atom stereocenters. The van der Waals surface area contributed by atoms with Crippen molar-refractivity contribution >= 4 is 41.6 Å². The van der Waals surface area contributed by atoms with Crippen molar-refractivity contribution in [2.45, 2.75) is 13.5 Å². The van der Waals surface area contributed by atoms with E-state index in [2.05, 4.69) is 4.99 Å². The van der Waals surface area contributed by atoms with E-state index in [9.17, 15) is 14.3 Å². The van der Waals surface area contributed by atoms with E-state index in [1.165, 1.54) is 23.5 Å². The Bertz CT molecular complexity index is 1300. The molecule has 2 aromatic carbocycles. The molecule has 4 nitrogen and oxygen atoms in total. The van der Waals surface area contributed by atoms with Crippen LogP contribution in [0.15, 0.2) is 53.0 Å². The first-order chi connectivity index (χ1) is 13.4. The second kappa shape index (κ2) is 7.26. The summed E-state index contributed by atoms with van der Waals surface area (Å²) < 4.78 is 15.1. The highest BCUT2D eigenvalue weighted by atomic mass is 32.1. The Morgan fingerprint density at radius 3 is 2.75 bits per heavy atom. The lowest BCUT2D eigenvalue weighted by Gasteiger charge is -2.06. The molecule has 28 heavy (non-hydrogen) atoms. The molecule has 3 aromatic rings. The minimum absolute atomic E-state index is 0.0249. The summed E-state index contributed by atoms with van der Waals surface area (Å²) in [6, 6.07) is 11.7. The predicted molar refractivity (Wildman–Crippen MR) is 110 cm³/mol. The van der Waals surface area contributed by atoms with E-state index < -0.39 is 0 Å². The Hall–Kier alpha value is -2.90. The van der Waals surface area contributed by atoms with Gasteiger partial charge in [-0.3, -0.25) is 9.36 Å². The van der Waals surface area contributed by atoms with Crippen LogP contribution in [0, 0.1) is 16.7 Å². The highest BCUT2D eigenvalue weighted by Gasteiger charge is 2.15. The second-order valence-electron chi connectivity index (χ2n) is 6.49. The van der Waals surface area contributed by atoms with Crippen LogP contribution < -0.4 is 10.6 Å². The minimum Gasteiger partial charge on any atom is -0.493 e. The summed E-state index contributed by atoms with van der Waals surface area (Å²) in [7, 11) is 0. The molecule has 0 spiro atoms. The van der Waals surface area contributed by atoms with Crippen LogP contribution in [0.25, 0.3) is 12.2 Å². The minimum atomic E-state index is -0.361. The molecule has 7 heteroatoms. The number of halogens is 1. The van der Waals surface area contributed by atoms with Gasteiger partial charge in [0.15, 0.2) is 3.95 Å². The van der Waals surface area contributed by atoms with Gasteiger partial charge in [-0.2, -0.15) is 0 Å². The van der Waals surface area contributed by atoms with Crippen molar-refractivity contribution in [2.75, 3.05) is 0 Å². The summed E-state index contributed by atoms with van der Waals surface area (Å²) in [6.45, 7) is 2.29. The van der Waals surface area contributed by atoms with Gasteiger partial charge in [-0.15, -0.1) is 11.3 Å². The molecule has 0 aliphatic carbocycles. The van der Waals surface area contributed by atoms with Gasteiger partial charge in [0.25, 0.3) is 5.91 Å². The maximum absolute atomic E-state index is 13.1. The van der Waals surface area contributed by atoms with Crippen LogP contribution in [0.1, 0.15) is 16.0 Å². The van der Waals surface area contributed by atoms with Gasteiger partial charge in [0.05, 0.1) is 16.8 Å². The number of carbonyl (C=O) groups excluding carboxylic acids is 1. The van der Waals surface area contributed by atoms with Crippen molar-refractivity contribution in [3.63, 3.8) is 0 Å². The van der Waals surface area contributed by atoms with Crippen molar-refractivity contribution in [1.82, 2.24) is 4.57 Å². The molecular formula is C21H15FN2O2S2. The molecule has 1 aliphatic heterocycles. The van der Waals surface area contributed by atoms with Crippen molar-refractivity contribution in [1.29, 1.82) is 0 Å². The normalized spacial score (nSPS) is 14.5. The van der Waals surface area contributed by atoms with Crippen LogP contribution in [0.2, 0.25) is 0 Å². The molecule has 1 N–H and O–H groups in total. The summed E-state index contributed by atoms with van der Waals surface area (Å²) in [4.78, 5) is 17.0. The number of hydrogen-bond acceptors (Lipinski definition) is 4. The first-order valence-electron chi connectivity index (χ1n) is 8.51. The summed E-state index contributed by atoms with van der Waals surface area (Å²) >= 11 is 6.57. The summed E-state index contributed by atoms with van der Waals surface area (Å²) in [6.07, 6.45) is 3.37. The van der Waals surface area contributed by atoms with E-state index in [1.807, 2.05) is 25.1 Å². The maximum atomic E-state index is 13.1. The lowest BCUT2D eigenvalue weighted by molar-refractivity contribution is -0.114. The lowest BCUT2D eigenvalue weighted by atomic mass is 10.1. The Kier molecular flexibility index (Phi) is 4.78. The number of hydrogen-bond donors (Lipinski definition) is 1. The fourth-order valence-corrected chi connectivity index (χ4v) is 4.22. The van der Waals surface area contributed by atoms with E-state index >= 15 is 0 Å². The van der Waals surface area contributed by atoms with E-state index in [4.69, 9.17) is 12.2 Å². The molecule has 1 aromatic heterocycles. The average molecular weight is 410 g/mol. The summed E-state index contributed by atoms with van der Waals surface area (Å²) in [5.41, 5.74) is 2.27. The summed E-state index contributed by atoms with van der Waals surface area (Å²) in [5.74, 6) is -0.707. The molecule has 2 heterocycles. The van der Waals surface area contributed by atoms with E-state index in [0.717, 1.165) is 16.3 Å². The number of fused-ring (bicyclic) bond motifs is 1. The number of aromatic nitrogens is 1. The smallest absolute Gasteiger partial charge is 0.277 e. The van der Waals surface area contributed by atoms with Crippen LogP contribution in [0.4, 0.5) is 4.39 Å². The van der Waals surface area contributed by atoms with Crippen LogP contribution in [-0.2, 0) is 11.3 Å². The topological polar surface area (TPSA) is 54.6 Å². The number of carbonyl (C=O) groups is 1. The molecule has 1 aliphatic rings. The molecule has 0 bridgehead atoms. The number of nitrogens with zero attached hydrogens (tertiary/aromatic N) is 2. The van der Waals surface area contributed by atoms with Crippen LogP contribution in [0.3, 0.4) is 0 Å². The Morgan fingerprint density at radius 1 is 1.25 bits per heavy atom. The zero-order valence-electron chi connectivity index (χ0n) is 14.8. The average Bonchev–Trinajstić information content (AvgIpc) is 2.92. The standard InChI is InChI=1S/C21H15FN2O2S2/c1-12-2-7-17-14(8-12)9-15(19(25)23-17)10-18-20(26)24(21(27)28-18)11-13-3-5-16(22)6-4-13/h2-10,26H,11H2,1H3. The Labute approximate surface area is 169 Å². The third-order valence-corrected chi connectivity index (χ3v) is 5.78. The third-order valence-electron chi connectivity index (χ3n) is 4.40. The van der Waals surface area contributed by atoms with Gasteiger partial charge in [0, 0.05) is 10.8 Å². The van der Waals surface area contributed by atoms with Crippen molar-refractivity contribution in [3.8, 4) is 5.88 Å². The lowest BCUT2D eigenvalue weighted by Crippen LogP contribution is -2.30. The number of amides is 1. The van der Waals surface area contributed by atoms with Crippen LogP contribution in [0.5, 0.6) is 5.88 Å². The molecule has 0 saturated carbocycles. The number of benzene rings is 2. The predicted octanol–water partition coefficient (Wildman–Crippen LogP) is 3.50. The maximum Gasteiger partial charge on any atom is 0.277 e. The number of rotatable bonds is 3. The Balaban J connectivity index is 1.73. The van der Waals surface area contributed by atoms with Gasteiger partial charge < -0.3 is 5.11 Å². The monoisotopic (exact) mass is 410 g/mol. The molecule has 4 rings (SSSR count). The Morgan fingerprint density at radius 2 is 2.00 bits per heavy atom. The molecule has 0 radical (unpaired) electrons. The van der Waals surface area contributed by atoms with Crippen LogP contribution >= 0.6 is 23.6 Å². The van der Waals surface area contributed by atoms with Crippen molar-refractivity contribution in [3.05, 3.63) is 84.4 Å². The fraction of sp³-hybridized carbons (Fsp3) is 0.0952. The fourth-order valence-electron chi connectivity index (χ4n) is 2.96. The van der Waals surface area contributed by atoms with Gasteiger partial charge in [-0.25, -0.2) is 9.38 Å². The molecule has 0 fully saturated rings. The highest BCUT2D eigenvalue weighted by Crippen LogP contribution is 2.30. The van der Waals surface area contributed by atoms with Crippen molar-refractivity contribution < 1.29 is 14.3 Å². The quantitative estimate of drug-likeness (QED) is 0.531. The first-order valence-corrected chi connectivity index (χ1v) is 9.73. The first kappa shape index (κ1) is 18.5.